The van der Waals surface area contributed by atoms with Crippen LogP contribution in [0.3, 0.4) is 0 Å². The van der Waals surface area contributed by atoms with Gasteiger partial charge in [-0.15, -0.1) is 0 Å². The number of rotatable bonds is 3. The second-order valence-electron chi connectivity index (χ2n) is 8.49. The highest BCUT2D eigenvalue weighted by molar-refractivity contribution is 7.91. The molecular weight excluding hydrogens is 288 g/mol. The minimum absolute atomic E-state index is 0.0585. The van der Waals surface area contributed by atoms with E-state index in [9.17, 15) is 9.35 Å². The summed E-state index contributed by atoms with van der Waals surface area (Å²) in [6.07, 6.45) is -0.876. The van der Waals surface area contributed by atoms with E-state index in [0.29, 0.717) is 35.5 Å². The highest BCUT2D eigenvalue weighted by Crippen LogP contribution is 3.07. The van der Waals surface area contributed by atoms with Gasteiger partial charge in [-0.1, -0.05) is 4.40 Å². The maximum atomic E-state index is 12.3. The van der Waals surface area contributed by atoms with E-state index >= 15 is 0 Å². The van der Waals surface area contributed by atoms with Gasteiger partial charge in [-0.2, -0.15) is 0 Å². The molecule has 5 nitrogen and oxygen atoms in total. The van der Waals surface area contributed by atoms with Crippen molar-refractivity contribution in [1.29, 1.82) is 0 Å². The average Bonchev–Trinajstić information content (AvgIpc) is 2.37. The van der Waals surface area contributed by atoms with Crippen LogP contribution in [0.15, 0.2) is 4.40 Å². The zero-order chi connectivity index (χ0) is 15.1. The monoisotopic (exact) mass is 308 g/mol. The van der Waals surface area contributed by atoms with Crippen molar-refractivity contribution in [3.63, 3.8) is 0 Å². The van der Waals surface area contributed by atoms with E-state index in [4.69, 9.17) is 5.11 Å². The van der Waals surface area contributed by atoms with Crippen molar-refractivity contribution in [3.05, 3.63) is 0 Å². The van der Waals surface area contributed by atoms with Crippen molar-refractivity contribution in [1.82, 2.24) is 5.32 Å². The smallest absolute Gasteiger partial charge is 0.405 e. The third-order valence-electron chi connectivity index (χ3n) is 7.32. The molecule has 1 amide bonds. The van der Waals surface area contributed by atoms with Crippen LogP contribution in [0.5, 0.6) is 0 Å². The fourth-order valence-electron chi connectivity index (χ4n) is 7.03. The quantitative estimate of drug-likeness (QED) is 0.614. The predicted molar refractivity (Wildman–Crippen MR) is 78.3 cm³/mol. The molecule has 0 aliphatic heterocycles. The largest absolute Gasteiger partial charge is 0.591 e. The highest BCUT2D eigenvalue weighted by Gasteiger charge is 3.11. The number of nitrogens with one attached hydrogen (secondary N) is 1. The normalized spacial score (nSPS) is 58.6. The van der Waals surface area contributed by atoms with Crippen LogP contribution >= 0.6 is 0 Å². The Balaban J connectivity index is 1.39. The zero-order valence-corrected chi connectivity index (χ0v) is 13.4. The third kappa shape index (κ3) is 0.889. The van der Waals surface area contributed by atoms with Gasteiger partial charge >= 0.3 is 6.09 Å². The van der Waals surface area contributed by atoms with Crippen molar-refractivity contribution < 1.29 is 14.5 Å². The molecule has 0 bridgehead atoms. The van der Waals surface area contributed by atoms with Crippen LogP contribution in [0.25, 0.3) is 0 Å². The molecule has 6 fully saturated rings. The molecule has 0 aromatic rings. The first kappa shape index (κ1) is 12.8. The minimum Gasteiger partial charge on any atom is -0.591 e. The summed E-state index contributed by atoms with van der Waals surface area (Å²) in [4.78, 5) is 11.0. The third-order valence-corrected chi connectivity index (χ3v) is 8.81. The number of carboxylic acid groups (broad SMARTS) is 1. The molecular formula is C15H20N2O3S. The van der Waals surface area contributed by atoms with Crippen molar-refractivity contribution >= 4 is 23.2 Å². The molecule has 6 rings (SSSR count). The molecule has 0 aromatic carbocycles. The Hall–Kier alpha value is -0.750. The van der Waals surface area contributed by atoms with Gasteiger partial charge in [0, 0.05) is 5.41 Å². The summed E-state index contributed by atoms with van der Waals surface area (Å²) in [6, 6.07) is 0. The van der Waals surface area contributed by atoms with Crippen LogP contribution in [0, 0.1) is 40.9 Å². The Morgan fingerprint density at radius 1 is 1.19 bits per heavy atom. The van der Waals surface area contributed by atoms with Gasteiger partial charge < -0.3 is 15.0 Å². The fourth-order valence-corrected chi connectivity index (χ4v) is 7.71. The molecule has 6 aliphatic carbocycles. The SMILES string of the molecule is C/C(=N\[S+]([O-])C(C)(C)C)C12C3C4C1C1C2C3C41NC(=O)O. The van der Waals surface area contributed by atoms with Gasteiger partial charge in [0.25, 0.3) is 0 Å². The Labute approximate surface area is 126 Å². The molecule has 21 heavy (non-hydrogen) atoms. The molecule has 0 aromatic heterocycles. The molecule has 6 saturated carbocycles. The lowest BCUT2D eigenvalue weighted by atomic mass is 8.93. The van der Waals surface area contributed by atoms with Gasteiger partial charge in [0.1, 0.15) is 16.1 Å². The van der Waals surface area contributed by atoms with Crippen molar-refractivity contribution in [2.24, 2.45) is 45.3 Å². The second kappa shape index (κ2) is 3.00. The van der Waals surface area contributed by atoms with Crippen LogP contribution in [0.2, 0.25) is 0 Å². The molecule has 6 heteroatoms. The lowest BCUT2D eigenvalue weighted by Gasteiger charge is -3.10. The molecule has 0 radical (unpaired) electrons. The first-order valence-corrected chi connectivity index (χ1v) is 8.79. The van der Waals surface area contributed by atoms with Crippen LogP contribution < -0.4 is 5.32 Å². The van der Waals surface area contributed by atoms with Gasteiger partial charge in [0.05, 0.1) is 11.3 Å². The summed E-state index contributed by atoms with van der Waals surface area (Å²) in [5, 5.41) is 11.8. The molecule has 6 aliphatic rings. The summed E-state index contributed by atoms with van der Waals surface area (Å²) in [7, 11) is 0. The topological polar surface area (TPSA) is 84.8 Å². The van der Waals surface area contributed by atoms with E-state index in [2.05, 4.69) is 9.71 Å². The van der Waals surface area contributed by atoms with Gasteiger partial charge in [-0.05, 0) is 63.2 Å². The summed E-state index contributed by atoms with van der Waals surface area (Å²) in [5.41, 5.74) is 1.23. The summed E-state index contributed by atoms with van der Waals surface area (Å²) >= 11 is -1.19. The predicted octanol–water partition coefficient (Wildman–Crippen LogP) is 1.67. The van der Waals surface area contributed by atoms with Gasteiger partial charge in [-0.3, -0.25) is 0 Å². The maximum absolute atomic E-state index is 12.3. The molecule has 0 saturated heterocycles. The number of nitrogens with zero attached hydrogens (tertiary/aromatic N) is 1. The lowest BCUT2D eigenvalue weighted by Crippen LogP contribution is -3.16. The number of amides is 1. The zero-order valence-electron chi connectivity index (χ0n) is 12.6. The minimum atomic E-state index is -1.19. The Morgan fingerprint density at radius 2 is 1.67 bits per heavy atom. The van der Waals surface area contributed by atoms with E-state index in [0.717, 1.165) is 5.71 Å². The molecule has 114 valence electrons. The van der Waals surface area contributed by atoms with Crippen molar-refractivity contribution in [3.8, 4) is 0 Å². The van der Waals surface area contributed by atoms with Crippen LogP contribution in [-0.4, -0.2) is 31.8 Å². The van der Waals surface area contributed by atoms with E-state index in [1.807, 2.05) is 27.7 Å². The standard InChI is InChI=1S/C15H20N2O3S/c1-5(17-21(20)13(2,3)4)14-6-9-7(14)11-8(14)10(6)15(9,11)16-12(18)19/h6-11,16H,1-4H3,(H,18,19)/b17-5+. The Kier molecular flexibility index (Phi) is 1.82. The van der Waals surface area contributed by atoms with E-state index in [1.165, 1.54) is 0 Å². The van der Waals surface area contributed by atoms with Crippen molar-refractivity contribution in [2.45, 2.75) is 38.0 Å². The Bertz CT molecular complexity index is 569. The number of carbonyl (C=O) groups is 1. The average molecular weight is 308 g/mol. The second-order valence-corrected chi connectivity index (χ2v) is 10.4. The van der Waals surface area contributed by atoms with Crippen LogP contribution in [-0.2, 0) is 11.4 Å². The van der Waals surface area contributed by atoms with E-state index in [-0.39, 0.29) is 15.7 Å². The van der Waals surface area contributed by atoms with E-state index in [1.54, 1.807) is 0 Å². The highest BCUT2D eigenvalue weighted by atomic mass is 32.2. The number of hydrogen-bond donors (Lipinski definition) is 2. The van der Waals surface area contributed by atoms with Crippen LogP contribution in [0.4, 0.5) is 4.79 Å². The summed E-state index contributed by atoms with van der Waals surface area (Å²) < 4.78 is 16.5. The summed E-state index contributed by atoms with van der Waals surface area (Å²) in [6.45, 7) is 7.89. The lowest BCUT2D eigenvalue weighted by molar-refractivity contribution is -0.602. The molecule has 0 spiro atoms. The van der Waals surface area contributed by atoms with E-state index < -0.39 is 17.5 Å². The fraction of sp³-hybridized carbons (Fsp3) is 0.867. The van der Waals surface area contributed by atoms with Gasteiger partial charge in [0.15, 0.2) is 0 Å². The summed E-state index contributed by atoms with van der Waals surface area (Å²) in [5.74, 6) is 3.48. The van der Waals surface area contributed by atoms with Crippen LogP contribution in [0.1, 0.15) is 27.7 Å². The first-order valence-electron chi connectivity index (χ1n) is 7.69. The molecule has 1 atom stereocenters. The molecule has 0 heterocycles. The maximum Gasteiger partial charge on any atom is 0.405 e. The van der Waals surface area contributed by atoms with Gasteiger partial charge in [0.2, 0.25) is 0 Å². The molecule has 2 N–H and O–H groups in total. The van der Waals surface area contributed by atoms with Gasteiger partial charge in [-0.25, -0.2) is 4.79 Å². The number of hydrogen-bond acceptors (Lipinski definition) is 3. The Morgan fingerprint density at radius 3 is 2.05 bits per heavy atom. The van der Waals surface area contributed by atoms with Crippen molar-refractivity contribution in [2.75, 3.05) is 0 Å². The first-order chi connectivity index (χ1) is 9.70. The molecule has 1 unspecified atom stereocenters.